The number of aromatic nitrogens is 2. The van der Waals surface area contributed by atoms with Gasteiger partial charge in [-0.15, -0.1) is 0 Å². The highest BCUT2D eigenvalue weighted by Crippen LogP contribution is 2.25. The monoisotopic (exact) mass is 273 g/mol. The van der Waals surface area contributed by atoms with Crippen LogP contribution in [0.3, 0.4) is 0 Å². The summed E-state index contributed by atoms with van der Waals surface area (Å²) in [5.41, 5.74) is 8.30. The summed E-state index contributed by atoms with van der Waals surface area (Å²) < 4.78 is 10.8. The van der Waals surface area contributed by atoms with Gasteiger partial charge in [0.05, 0.1) is 0 Å². The van der Waals surface area contributed by atoms with Crippen LogP contribution in [-0.4, -0.2) is 16.7 Å². The first kappa shape index (κ1) is 13.1. The van der Waals surface area contributed by atoms with E-state index in [1.165, 1.54) is 30.4 Å². The first-order valence-corrected chi connectivity index (χ1v) is 7.11. The van der Waals surface area contributed by atoms with E-state index >= 15 is 0 Å². The van der Waals surface area contributed by atoms with Crippen molar-refractivity contribution >= 4 is 0 Å². The van der Waals surface area contributed by atoms with Gasteiger partial charge in [0.15, 0.2) is 6.61 Å². The molecule has 0 spiro atoms. The van der Waals surface area contributed by atoms with E-state index < -0.39 is 0 Å². The fourth-order valence-corrected chi connectivity index (χ4v) is 2.52. The summed E-state index contributed by atoms with van der Waals surface area (Å²) in [4.78, 5) is 4.22. The van der Waals surface area contributed by atoms with Gasteiger partial charge in [-0.05, 0) is 48.9 Å². The number of aryl methyl sites for hydroxylation is 2. The van der Waals surface area contributed by atoms with Gasteiger partial charge in [0, 0.05) is 13.0 Å². The van der Waals surface area contributed by atoms with Crippen molar-refractivity contribution < 1.29 is 9.26 Å². The van der Waals surface area contributed by atoms with E-state index in [-0.39, 0.29) is 0 Å². The van der Waals surface area contributed by atoms with Crippen LogP contribution in [0.4, 0.5) is 0 Å². The average molecular weight is 273 g/mol. The molecule has 0 saturated heterocycles. The van der Waals surface area contributed by atoms with E-state index in [9.17, 15) is 0 Å². The Hall–Kier alpha value is -1.88. The minimum atomic E-state index is 0.326. The highest BCUT2D eigenvalue weighted by molar-refractivity contribution is 5.37. The molecular weight excluding hydrogens is 254 g/mol. The molecule has 0 unspecified atom stereocenters. The summed E-state index contributed by atoms with van der Waals surface area (Å²) in [5.74, 6) is 2.00. The molecule has 1 aliphatic carbocycles. The lowest BCUT2D eigenvalue weighted by Gasteiger charge is -2.16. The number of benzene rings is 1. The molecule has 0 atom stereocenters. The van der Waals surface area contributed by atoms with E-state index in [0.29, 0.717) is 31.3 Å². The molecule has 2 aromatic rings. The molecule has 1 aromatic carbocycles. The molecule has 2 N–H and O–H groups in total. The lowest BCUT2D eigenvalue weighted by Crippen LogP contribution is -2.04. The Bertz CT molecular complexity index is 580. The van der Waals surface area contributed by atoms with Crippen molar-refractivity contribution in [1.82, 2.24) is 10.1 Å². The molecule has 5 nitrogen and oxygen atoms in total. The number of ether oxygens (including phenoxy) is 1. The van der Waals surface area contributed by atoms with Gasteiger partial charge in [0.1, 0.15) is 5.75 Å². The van der Waals surface area contributed by atoms with Crippen molar-refractivity contribution in [2.24, 2.45) is 5.73 Å². The van der Waals surface area contributed by atoms with Crippen molar-refractivity contribution in [3.63, 3.8) is 0 Å². The number of nitrogens with zero attached hydrogens (tertiary/aromatic N) is 2. The highest BCUT2D eigenvalue weighted by atomic mass is 16.5. The summed E-state index contributed by atoms with van der Waals surface area (Å²) in [6.07, 6.45) is 5.49. The molecule has 3 rings (SSSR count). The number of hydrogen-bond donors (Lipinski definition) is 1. The van der Waals surface area contributed by atoms with Gasteiger partial charge < -0.3 is 15.0 Å². The molecule has 106 valence electrons. The Morgan fingerprint density at radius 2 is 2.05 bits per heavy atom. The Morgan fingerprint density at radius 1 is 1.20 bits per heavy atom. The van der Waals surface area contributed by atoms with Crippen LogP contribution >= 0.6 is 0 Å². The first-order chi connectivity index (χ1) is 9.85. The first-order valence-electron chi connectivity index (χ1n) is 7.11. The van der Waals surface area contributed by atoms with Gasteiger partial charge in [-0.25, -0.2) is 0 Å². The average Bonchev–Trinajstić information content (AvgIpc) is 2.93. The molecule has 1 aliphatic rings. The SMILES string of the molecule is NCCc1nc(COc2ccc3c(c2)CCCC3)no1. The van der Waals surface area contributed by atoms with Crippen molar-refractivity contribution in [2.75, 3.05) is 6.54 Å². The van der Waals surface area contributed by atoms with E-state index in [0.717, 1.165) is 12.2 Å². The largest absolute Gasteiger partial charge is 0.485 e. The van der Waals surface area contributed by atoms with Gasteiger partial charge in [-0.2, -0.15) is 4.98 Å². The van der Waals surface area contributed by atoms with Gasteiger partial charge >= 0.3 is 0 Å². The molecular formula is C15H19N3O2. The topological polar surface area (TPSA) is 74.2 Å². The summed E-state index contributed by atoms with van der Waals surface area (Å²) in [6, 6.07) is 6.32. The zero-order valence-electron chi connectivity index (χ0n) is 11.5. The van der Waals surface area contributed by atoms with Crippen LogP contribution in [0.15, 0.2) is 22.7 Å². The van der Waals surface area contributed by atoms with Crippen LogP contribution in [0.25, 0.3) is 0 Å². The smallest absolute Gasteiger partial charge is 0.228 e. The van der Waals surface area contributed by atoms with Gasteiger partial charge in [-0.1, -0.05) is 11.2 Å². The molecule has 5 heteroatoms. The third kappa shape index (κ3) is 2.99. The molecule has 1 aromatic heterocycles. The number of rotatable bonds is 5. The van der Waals surface area contributed by atoms with E-state index in [4.69, 9.17) is 15.0 Å². The summed E-state index contributed by atoms with van der Waals surface area (Å²) in [5, 5.41) is 3.87. The molecule has 0 saturated carbocycles. The number of hydrogen-bond acceptors (Lipinski definition) is 5. The molecule has 1 heterocycles. The third-order valence-electron chi connectivity index (χ3n) is 3.56. The molecule has 0 bridgehead atoms. The standard InChI is InChI=1S/C15H19N3O2/c16-8-7-15-17-14(18-20-15)10-19-13-6-5-11-3-1-2-4-12(11)9-13/h5-6,9H,1-4,7-8,10,16H2. The molecule has 0 fully saturated rings. The summed E-state index contributed by atoms with van der Waals surface area (Å²) in [6.45, 7) is 0.834. The lowest BCUT2D eigenvalue weighted by atomic mass is 9.92. The lowest BCUT2D eigenvalue weighted by molar-refractivity contribution is 0.284. The van der Waals surface area contributed by atoms with Crippen molar-refractivity contribution in [1.29, 1.82) is 0 Å². The quantitative estimate of drug-likeness (QED) is 0.902. The Balaban J connectivity index is 1.62. The normalized spacial score (nSPS) is 14.1. The maximum Gasteiger partial charge on any atom is 0.228 e. The Labute approximate surface area is 118 Å². The maximum absolute atomic E-state index is 5.73. The van der Waals surface area contributed by atoms with Gasteiger partial charge in [-0.3, -0.25) is 0 Å². The zero-order chi connectivity index (χ0) is 13.8. The van der Waals surface area contributed by atoms with Crippen LogP contribution in [0, 0.1) is 0 Å². The predicted octanol–water partition coefficient (Wildman–Crippen LogP) is 2.03. The minimum Gasteiger partial charge on any atom is -0.485 e. The van der Waals surface area contributed by atoms with Crippen LogP contribution in [0.2, 0.25) is 0 Å². The fraction of sp³-hybridized carbons (Fsp3) is 0.467. The molecule has 0 radical (unpaired) electrons. The van der Waals surface area contributed by atoms with Crippen LogP contribution in [-0.2, 0) is 25.9 Å². The highest BCUT2D eigenvalue weighted by Gasteiger charge is 2.11. The van der Waals surface area contributed by atoms with E-state index in [2.05, 4.69) is 22.3 Å². The number of fused-ring (bicyclic) bond motifs is 1. The maximum atomic E-state index is 5.73. The Kier molecular flexibility index (Phi) is 3.97. The molecule has 0 aliphatic heterocycles. The third-order valence-corrected chi connectivity index (χ3v) is 3.56. The van der Waals surface area contributed by atoms with Crippen molar-refractivity contribution in [3.05, 3.63) is 41.0 Å². The second-order valence-electron chi connectivity index (χ2n) is 5.07. The second-order valence-corrected chi connectivity index (χ2v) is 5.07. The predicted molar refractivity (Wildman–Crippen MR) is 74.5 cm³/mol. The minimum absolute atomic E-state index is 0.326. The summed E-state index contributed by atoms with van der Waals surface area (Å²) in [7, 11) is 0. The Morgan fingerprint density at radius 3 is 2.90 bits per heavy atom. The van der Waals surface area contributed by atoms with Gasteiger partial charge in [0.2, 0.25) is 11.7 Å². The molecule has 20 heavy (non-hydrogen) atoms. The van der Waals surface area contributed by atoms with Crippen molar-refractivity contribution in [2.45, 2.75) is 38.7 Å². The van der Waals surface area contributed by atoms with Crippen LogP contribution in [0.1, 0.15) is 35.7 Å². The van der Waals surface area contributed by atoms with Gasteiger partial charge in [0.25, 0.3) is 0 Å². The molecule has 0 amide bonds. The summed E-state index contributed by atoms with van der Waals surface area (Å²) >= 11 is 0. The second kappa shape index (κ2) is 6.05. The van der Waals surface area contributed by atoms with E-state index in [1.54, 1.807) is 0 Å². The van der Waals surface area contributed by atoms with Crippen molar-refractivity contribution in [3.8, 4) is 5.75 Å². The fourth-order valence-electron chi connectivity index (χ4n) is 2.52. The van der Waals surface area contributed by atoms with Crippen LogP contribution in [0.5, 0.6) is 5.75 Å². The van der Waals surface area contributed by atoms with Crippen LogP contribution < -0.4 is 10.5 Å². The van der Waals surface area contributed by atoms with E-state index in [1.807, 2.05) is 6.07 Å². The zero-order valence-corrected chi connectivity index (χ0v) is 11.5. The number of nitrogens with two attached hydrogens (primary N) is 1.